The zero-order valence-electron chi connectivity index (χ0n) is 18.7. The van der Waals surface area contributed by atoms with Gasteiger partial charge in [0.25, 0.3) is 0 Å². The number of hydrogen-bond acceptors (Lipinski definition) is 2. The highest BCUT2D eigenvalue weighted by Gasteiger charge is 2.36. The number of hydrogen-bond donors (Lipinski definition) is 0. The first-order valence-electron chi connectivity index (χ1n) is 10.2. The first-order chi connectivity index (χ1) is 15.0. The number of rotatable bonds is 3. The molecule has 32 heavy (non-hydrogen) atoms. The van der Waals surface area contributed by atoms with E-state index < -0.39 is 7.25 Å². The molecule has 1 heterocycles. The lowest BCUT2D eigenvalue weighted by Gasteiger charge is -2.35. The third-order valence-electron chi connectivity index (χ3n) is 6.11. The van der Waals surface area contributed by atoms with E-state index in [1.807, 2.05) is 12.1 Å². The van der Waals surface area contributed by atoms with Crippen LogP contribution >= 0.6 is 0 Å². The standard InChI is InChI=1S/C24H26NO2.BF4/c1-16-8-6-7-13-24(16,2)23-19-14-17(26-4)9-11-21(19)25(3)22-12-10-18(27-5)15-20(22)23;2-1(3,4)5/h6-16H,1-5H3;/q+1;-1. The van der Waals surface area contributed by atoms with Gasteiger partial charge in [-0.3, -0.25) is 0 Å². The number of pyridine rings is 1. The Bertz CT molecular complexity index is 1140. The van der Waals surface area contributed by atoms with Crippen molar-refractivity contribution in [1.29, 1.82) is 0 Å². The SMILES string of the molecule is COc1ccc2c(c1)c(C1(C)C=CC=CC1C)c1cc(OC)ccc1[n+]2C.F[B-](F)(F)F. The van der Waals surface area contributed by atoms with Crippen LogP contribution < -0.4 is 14.0 Å². The molecule has 4 rings (SSSR count). The van der Waals surface area contributed by atoms with E-state index in [0.29, 0.717) is 5.92 Å². The van der Waals surface area contributed by atoms with Crippen molar-refractivity contribution in [2.24, 2.45) is 13.0 Å². The predicted octanol–water partition coefficient (Wildman–Crippen LogP) is 6.15. The first-order valence-corrected chi connectivity index (χ1v) is 10.2. The normalized spacial score (nSPS) is 20.2. The fraction of sp³-hybridized carbons (Fsp3) is 0.292. The minimum atomic E-state index is -6.00. The monoisotopic (exact) mass is 447 g/mol. The molecule has 3 nitrogen and oxygen atoms in total. The van der Waals surface area contributed by atoms with Crippen molar-refractivity contribution in [3.05, 3.63) is 66.3 Å². The highest BCUT2D eigenvalue weighted by Crippen LogP contribution is 2.44. The first kappa shape index (κ1) is 23.6. The van der Waals surface area contributed by atoms with Gasteiger partial charge in [0.2, 0.25) is 11.0 Å². The second-order valence-electron chi connectivity index (χ2n) is 8.01. The summed E-state index contributed by atoms with van der Waals surface area (Å²) in [5.74, 6) is 2.12. The Kier molecular flexibility index (Phi) is 6.53. The molecule has 0 N–H and O–H groups in total. The Labute approximate surface area is 185 Å². The summed E-state index contributed by atoms with van der Waals surface area (Å²) in [6.07, 6.45) is 8.90. The fourth-order valence-electron chi connectivity index (χ4n) is 4.27. The molecule has 0 aliphatic heterocycles. The van der Waals surface area contributed by atoms with Crippen molar-refractivity contribution >= 4 is 29.1 Å². The summed E-state index contributed by atoms with van der Waals surface area (Å²) in [5.41, 5.74) is 3.58. The Hall–Kier alpha value is -3.03. The van der Waals surface area contributed by atoms with Crippen LogP contribution in [0, 0.1) is 5.92 Å². The van der Waals surface area contributed by atoms with Gasteiger partial charge in [-0.05, 0) is 35.7 Å². The fourth-order valence-corrected chi connectivity index (χ4v) is 4.27. The van der Waals surface area contributed by atoms with Crippen molar-refractivity contribution < 1.29 is 31.3 Å². The van der Waals surface area contributed by atoms with E-state index in [9.17, 15) is 17.3 Å². The molecule has 0 saturated carbocycles. The van der Waals surface area contributed by atoms with E-state index in [1.54, 1.807) is 14.2 Å². The predicted molar refractivity (Wildman–Crippen MR) is 121 cm³/mol. The van der Waals surface area contributed by atoms with Gasteiger partial charge in [0.15, 0.2) is 0 Å². The number of halogens is 4. The Morgan fingerprint density at radius 2 is 1.34 bits per heavy atom. The van der Waals surface area contributed by atoms with Gasteiger partial charge in [0.05, 0.1) is 25.0 Å². The maximum absolute atomic E-state index is 9.75. The summed E-state index contributed by atoms with van der Waals surface area (Å²) < 4.78 is 52.4. The van der Waals surface area contributed by atoms with Crippen LogP contribution in [0.3, 0.4) is 0 Å². The number of allylic oxidation sites excluding steroid dienone is 4. The van der Waals surface area contributed by atoms with Gasteiger partial charge in [-0.1, -0.05) is 38.2 Å². The lowest BCUT2D eigenvalue weighted by molar-refractivity contribution is -0.617. The number of nitrogens with zero attached hydrogens (tertiary/aromatic N) is 1. The van der Waals surface area contributed by atoms with Gasteiger partial charge in [-0.25, -0.2) is 0 Å². The highest BCUT2D eigenvalue weighted by molar-refractivity contribution is 6.50. The maximum Gasteiger partial charge on any atom is 0.673 e. The molecule has 0 radical (unpaired) electrons. The molecule has 2 atom stereocenters. The van der Waals surface area contributed by atoms with Crippen molar-refractivity contribution in [2.75, 3.05) is 14.2 Å². The molecule has 0 fully saturated rings. The number of aryl methyl sites for hydroxylation is 1. The Morgan fingerprint density at radius 1 is 0.875 bits per heavy atom. The summed E-state index contributed by atoms with van der Waals surface area (Å²) in [6, 6.07) is 12.7. The molecule has 1 aliphatic carbocycles. The van der Waals surface area contributed by atoms with Crippen LogP contribution in [0.4, 0.5) is 17.3 Å². The lowest BCUT2D eigenvalue weighted by atomic mass is 9.68. The number of fused-ring (bicyclic) bond motifs is 2. The number of methoxy groups -OCH3 is 2. The van der Waals surface area contributed by atoms with E-state index in [4.69, 9.17) is 9.47 Å². The number of ether oxygens (including phenoxy) is 2. The quantitative estimate of drug-likeness (QED) is 0.208. The maximum atomic E-state index is 9.75. The molecule has 2 unspecified atom stereocenters. The summed E-state index contributed by atoms with van der Waals surface area (Å²) in [4.78, 5) is 0. The van der Waals surface area contributed by atoms with E-state index in [-0.39, 0.29) is 5.41 Å². The average Bonchev–Trinajstić information content (AvgIpc) is 2.74. The van der Waals surface area contributed by atoms with Crippen molar-refractivity contribution in [3.8, 4) is 11.5 Å². The highest BCUT2D eigenvalue weighted by atomic mass is 19.5. The minimum absolute atomic E-state index is 0.127. The number of benzene rings is 2. The van der Waals surface area contributed by atoms with Crippen molar-refractivity contribution in [2.45, 2.75) is 19.3 Å². The van der Waals surface area contributed by atoms with Crippen LogP contribution in [0.2, 0.25) is 0 Å². The van der Waals surface area contributed by atoms with Gasteiger partial charge in [0, 0.05) is 17.5 Å². The smallest absolute Gasteiger partial charge is 0.497 e. The molecule has 0 amide bonds. The molecular formula is C24H26BF4NO2. The Morgan fingerprint density at radius 3 is 1.75 bits per heavy atom. The molecule has 2 aromatic carbocycles. The van der Waals surface area contributed by atoms with Crippen LogP contribution in [0.25, 0.3) is 21.8 Å². The molecule has 0 bridgehead atoms. The van der Waals surface area contributed by atoms with Gasteiger partial charge >= 0.3 is 7.25 Å². The zero-order chi connectivity index (χ0) is 23.7. The molecule has 0 spiro atoms. The second-order valence-corrected chi connectivity index (χ2v) is 8.01. The van der Waals surface area contributed by atoms with Gasteiger partial charge in [-0.15, -0.1) is 0 Å². The summed E-state index contributed by atoms with van der Waals surface area (Å²) >= 11 is 0. The molecule has 3 aromatic rings. The molecule has 0 saturated heterocycles. The summed E-state index contributed by atoms with van der Waals surface area (Å²) in [5, 5.41) is 2.43. The molecular weight excluding hydrogens is 421 g/mol. The van der Waals surface area contributed by atoms with E-state index in [0.717, 1.165) is 11.5 Å². The van der Waals surface area contributed by atoms with Crippen LogP contribution in [0.5, 0.6) is 11.5 Å². The van der Waals surface area contributed by atoms with E-state index in [1.165, 1.54) is 27.4 Å². The van der Waals surface area contributed by atoms with Gasteiger partial charge in [-0.2, -0.15) is 4.57 Å². The minimum Gasteiger partial charge on any atom is -0.497 e. The van der Waals surface area contributed by atoms with Crippen molar-refractivity contribution in [3.63, 3.8) is 0 Å². The zero-order valence-corrected chi connectivity index (χ0v) is 18.7. The van der Waals surface area contributed by atoms with Crippen molar-refractivity contribution in [1.82, 2.24) is 0 Å². The van der Waals surface area contributed by atoms with Crippen LogP contribution in [-0.4, -0.2) is 21.5 Å². The largest absolute Gasteiger partial charge is 0.673 e. The molecule has 170 valence electrons. The van der Waals surface area contributed by atoms with Crippen LogP contribution in [0.1, 0.15) is 19.4 Å². The third kappa shape index (κ3) is 4.59. The van der Waals surface area contributed by atoms with Gasteiger partial charge < -0.3 is 26.7 Å². The summed E-state index contributed by atoms with van der Waals surface area (Å²) in [7, 11) is -0.438. The third-order valence-corrected chi connectivity index (χ3v) is 6.11. The summed E-state index contributed by atoms with van der Waals surface area (Å²) in [6.45, 7) is 4.61. The Balaban J connectivity index is 0.000000523. The topological polar surface area (TPSA) is 22.3 Å². The van der Waals surface area contributed by atoms with Crippen LogP contribution in [0.15, 0.2) is 60.7 Å². The molecule has 1 aromatic heterocycles. The van der Waals surface area contributed by atoms with Crippen LogP contribution in [-0.2, 0) is 12.5 Å². The molecule has 8 heteroatoms. The second kappa shape index (κ2) is 8.84. The van der Waals surface area contributed by atoms with E-state index >= 15 is 0 Å². The van der Waals surface area contributed by atoms with E-state index in [2.05, 4.69) is 74.0 Å². The lowest BCUT2D eigenvalue weighted by Crippen LogP contribution is -2.35. The average molecular weight is 447 g/mol. The van der Waals surface area contributed by atoms with Gasteiger partial charge in [0.1, 0.15) is 18.5 Å². The number of aromatic nitrogens is 1. The molecule has 1 aliphatic rings.